The van der Waals surface area contributed by atoms with Gasteiger partial charge in [-0.15, -0.1) is 0 Å². The van der Waals surface area contributed by atoms with Gasteiger partial charge in [-0.25, -0.2) is 9.97 Å². The maximum Gasteiger partial charge on any atom is 0.224 e. The molecule has 1 unspecified atom stereocenters. The minimum Gasteiger partial charge on any atom is -0.481 e. The third-order valence-corrected chi connectivity index (χ3v) is 4.35. The minimum absolute atomic E-state index is 0.577. The van der Waals surface area contributed by atoms with Crippen molar-refractivity contribution < 1.29 is 9.47 Å². The van der Waals surface area contributed by atoms with Crippen molar-refractivity contribution in [3.63, 3.8) is 0 Å². The van der Waals surface area contributed by atoms with Crippen LogP contribution in [0, 0.1) is 0 Å². The summed E-state index contributed by atoms with van der Waals surface area (Å²) in [6.45, 7) is 1.68. The zero-order valence-corrected chi connectivity index (χ0v) is 11.6. The summed E-state index contributed by atoms with van der Waals surface area (Å²) in [7, 11) is 3.22. The maximum absolute atomic E-state index is 5.23. The van der Waals surface area contributed by atoms with Crippen molar-refractivity contribution in [3.05, 3.63) is 11.9 Å². The van der Waals surface area contributed by atoms with Crippen LogP contribution < -0.4 is 14.8 Å². The van der Waals surface area contributed by atoms with Gasteiger partial charge in [-0.05, 0) is 18.6 Å². The highest BCUT2D eigenvalue weighted by Crippen LogP contribution is 2.26. The van der Waals surface area contributed by atoms with Crippen molar-refractivity contribution >= 4 is 11.8 Å². The van der Waals surface area contributed by atoms with Crippen LogP contribution in [-0.2, 0) is 6.54 Å². The number of aromatic nitrogens is 2. The number of methoxy groups -OCH3 is 2. The molecule has 0 saturated carbocycles. The van der Waals surface area contributed by atoms with Crippen LogP contribution in [0.4, 0.5) is 0 Å². The van der Waals surface area contributed by atoms with E-state index in [2.05, 4.69) is 15.3 Å². The van der Waals surface area contributed by atoms with Gasteiger partial charge in [0, 0.05) is 18.3 Å². The first-order chi connectivity index (χ1) is 8.85. The van der Waals surface area contributed by atoms with Gasteiger partial charge >= 0.3 is 0 Å². The number of thioether (sulfide) groups is 1. The number of nitrogens with zero attached hydrogens (tertiary/aromatic N) is 2. The highest BCUT2D eigenvalue weighted by Gasteiger charge is 2.16. The van der Waals surface area contributed by atoms with Gasteiger partial charge in [0.2, 0.25) is 11.8 Å². The van der Waals surface area contributed by atoms with E-state index in [-0.39, 0.29) is 0 Å². The third-order valence-electron chi connectivity index (χ3n) is 2.95. The topological polar surface area (TPSA) is 56.3 Å². The second kappa shape index (κ2) is 6.80. The Bertz CT molecular complexity index is 361. The van der Waals surface area contributed by atoms with E-state index in [1.54, 1.807) is 14.2 Å². The van der Waals surface area contributed by atoms with Crippen molar-refractivity contribution in [1.82, 2.24) is 15.3 Å². The van der Waals surface area contributed by atoms with Crippen molar-refractivity contribution in [2.24, 2.45) is 0 Å². The molecule has 0 radical (unpaired) electrons. The Morgan fingerprint density at radius 2 is 2.06 bits per heavy atom. The molecule has 18 heavy (non-hydrogen) atoms. The summed E-state index contributed by atoms with van der Waals surface area (Å²) >= 11 is 2.04. The SMILES string of the molecule is COc1ncnc(OC)c1CNCC1CCCS1. The molecule has 1 aliphatic heterocycles. The Balaban J connectivity index is 1.94. The van der Waals surface area contributed by atoms with Crippen molar-refractivity contribution in [2.45, 2.75) is 24.6 Å². The normalized spacial score (nSPS) is 18.9. The molecule has 1 atom stereocenters. The maximum atomic E-state index is 5.23. The highest BCUT2D eigenvalue weighted by atomic mass is 32.2. The molecule has 1 saturated heterocycles. The molecule has 0 aliphatic carbocycles. The summed E-state index contributed by atoms with van der Waals surface area (Å²) in [5.74, 6) is 2.44. The molecular weight excluding hydrogens is 250 g/mol. The predicted molar refractivity (Wildman–Crippen MR) is 72.3 cm³/mol. The molecule has 1 fully saturated rings. The predicted octanol–water partition coefficient (Wildman–Crippen LogP) is 1.48. The van der Waals surface area contributed by atoms with Crippen LogP contribution in [0.15, 0.2) is 6.33 Å². The molecule has 0 aromatic carbocycles. The lowest BCUT2D eigenvalue weighted by molar-refractivity contribution is 0.359. The fourth-order valence-electron chi connectivity index (χ4n) is 2.05. The van der Waals surface area contributed by atoms with Crippen LogP contribution in [0.1, 0.15) is 18.4 Å². The number of ether oxygens (including phenoxy) is 2. The summed E-state index contributed by atoms with van der Waals surface area (Å²) < 4.78 is 10.5. The lowest BCUT2D eigenvalue weighted by atomic mass is 10.2. The third kappa shape index (κ3) is 3.26. The molecule has 6 heteroatoms. The number of rotatable bonds is 6. The Labute approximate surface area is 112 Å². The van der Waals surface area contributed by atoms with Crippen molar-refractivity contribution in [1.29, 1.82) is 0 Å². The van der Waals surface area contributed by atoms with E-state index in [0.29, 0.717) is 18.3 Å². The van der Waals surface area contributed by atoms with Crippen LogP contribution in [0.2, 0.25) is 0 Å². The van der Waals surface area contributed by atoms with Crippen LogP contribution in [0.5, 0.6) is 11.8 Å². The minimum atomic E-state index is 0.577. The quantitative estimate of drug-likeness (QED) is 0.844. The zero-order chi connectivity index (χ0) is 12.8. The van der Waals surface area contributed by atoms with Gasteiger partial charge in [-0.2, -0.15) is 11.8 Å². The van der Waals surface area contributed by atoms with Gasteiger partial charge in [0.1, 0.15) is 6.33 Å². The lowest BCUT2D eigenvalue weighted by Crippen LogP contribution is -2.23. The molecule has 2 heterocycles. The number of hydrogen-bond donors (Lipinski definition) is 1. The largest absolute Gasteiger partial charge is 0.481 e. The van der Waals surface area contributed by atoms with E-state index in [0.717, 1.165) is 17.4 Å². The molecule has 100 valence electrons. The monoisotopic (exact) mass is 269 g/mol. The van der Waals surface area contributed by atoms with Crippen LogP contribution >= 0.6 is 11.8 Å². The Hall–Kier alpha value is -1.01. The molecule has 1 N–H and O–H groups in total. The van der Waals surface area contributed by atoms with Gasteiger partial charge < -0.3 is 14.8 Å². The molecule has 0 spiro atoms. The van der Waals surface area contributed by atoms with Gasteiger partial charge in [0.05, 0.1) is 19.8 Å². The lowest BCUT2D eigenvalue weighted by Gasteiger charge is -2.13. The molecule has 1 aromatic rings. The van der Waals surface area contributed by atoms with Crippen molar-refractivity contribution in [3.8, 4) is 11.8 Å². The summed E-state index contributed by atoms with van der Waals surface area (Å²) in [6.07, 6.45) is 4.09. The molecule has 0 bridgehead atoms. The average Bonchev–Trinajstić information content (AvgIpc) is 2.92. The van der Waals surface area contributed by atoms with E-state index in [1.807, 2.05) is 11.8 Å². The van der Waals surface area contributed by atoms with Crippen LogP contribution in [0.25, 0.3) is 0 Å². The fraction of sp³-hybridized carbons (Fsp3) is 0.667. The Kier molecular flexibility index (Phi) is 5.07. The van der Waals surface area contributed by atoms with Crippen LogP contribution in [-0.4, -0.2) is 41.7 Å². The van der Waals surface area contributed by atoms with E-state index >= 15 is 0 Å². The summed E-state index contributed by atoms with van der Waals surface area (Å²) in [5, 5.41) is 4.16. The van der Waals surface area contributed by atoms with Crippen molar-refractivity contribution in [2.75, 3.05) is 26.5 Å². The second-order valence-corrected chi connectivity index (χ2v) is 5.54. The van der Waals surface area contributed by atoms with Gasteiger partial charge in [-0.3, -0.25) is 0 Å². The van der Waals surface area contributed by atoms with E-state index in [9.17, 15) is 0 Å². The molecule has 1 aliphatic rings. The molecule has 0 amide bonds. The van der Waals surface area contributed by atoms with E-state index in [4.69, 9.17) is 9.47 Å². The summed E-state index contributed by atoms with van der Waals surface area (Å²) in [5.41, 5.74) is 0.880. The summed E-state index contributed by atoms with van der Waals surface area (Å²) in [4.78, 5) is 8.20. The number of nitrogens with one attached hydrogen (secondary N) is 1. The van der Waals surface area contributed by atoms with Gasteiger partial charge in [-0.1, -0.05) is 0 Å². The Morgan fingerprint density at radius 3 is 2.61 bits per heavy atom. The molecule has 5 nitrogen and oxygen atoms in total. The summed E-state index contributed by atoms with van der Waals surface area (Å²) in [6, 6.07) is 0. The van der Waals surface area contributed by atoms with E-state index in [1.165, 1.54) is 24.9 Å². The highest BCUT2D eigenvalue weighted by molar-refractivity contribution is 8.00. The molecule has 1 aromatic heterocycles. The van der Waals surface area contributed by atoms with Gasteiger partial charge in [0.25, 0.3) is 0 Å². The zero-order valence-electron chi connectivity index (χ0n) is 10.8. The fourth-order valence-corrected chi connectivity index (χ4v) is 3.28. The van der Waals surface area contributed by atoms with E-state index < -0.39 is 0 Å². The molecular formula is C12H19N3O2S. The molecule has 2 rings (SSSR count). The second-order valence-electron chi connectivity index (χ2n) is 4.14. The first-order valence-corrected chi connectivity index (χ1v) is 7.14. The average molecular weight is 269 g/mol. The van der Waals surface area contributed by atoms with Gasteiger partial charge in [0.15, 0.2) is 0 Å². The smallest absolute Gasteiger partial charge is 0.224 e. The first-order valence-electron chi connectivity index (χ1n) is 6.09. The van der Waals surface area contributed by atoms with Crippen LogP contribution in [0.3, 0.4) is 0 Å². The first kappa shape index (κ1) is 13.4. The Morgan fingerprint density at radius 1 is 1.33 bits per heavy atom. The number of hydrogen-bond acceptors (Lipinski definition) is 6. The standard InChI is InChI=1S/C12H19N3O2S/c1-16-11-10(12(17-2)15-8-14-11)7-13-6-9-4-3-5-18-9/h8-9,13H,3-7H2,1-2H3.